The molecule has 0 saturated carbocycles. The Kier molecular flexibility index (Phi) is 7.28. The van der Waals surface area contributed by atoms with Gasteiger partial charge < -0.3 is 0 Å². The monoisotopic (exact) mass is 186 g/mol. The van der Waals surface area contributed by atoms with Crippen molar-refractivity contribution in [1.82, 2.24) is 0 Å². The normalized spacial score (nSPS) is 11.8. The van der Waals surface area contributed by atoms with Gasteiger partial charge in [-0.2, -0.15) is 0 Å². The highest BCUT2D eigenvalue weighted by molar-refractivity contribution is 6.31. The van der Waals surface area contributed by atoms with E-state index < -0.39 is 0 Å². The van der Waals surface area contributed by atoms with Crippen LogP contribution in [0.2, 0.25) is 0 Å². The van der Waals surface area contributed by atoms with Crippen molar-refractivity contribution in [2.75, 3.05) is 0 Å². The van der Waals surface area contributed by atoms with E-state index >= 15 is 0 Å². The topological polar surface area (TPSA) is 0 Å². The van der Waals surface area contributed by atoms with Crippen molar-refractivity contribution in [2.24, 2.45) is 0 Å². The zero-order chi connectivity index (χ0) is 9.40. The van der Waals surface area contributed by atoms with Crippen LogP contribution in [0.1, 0.15) is 46.0 Å². The second kappa shape index (κ2) is 7.42. The van der Waals surface area contributed by atoms with E-state index in [2.05, 4.69) is 13.5 Å². The van der Waals surface area contributed by atoms with E-state index in [9.17, 15) is 0 Å². The van der Waals surface area contributed by atoms with Gasteiger partial charge in [-0.15, -0.1) is 0 Å². The quantitative estimate of drug-likeness (QED) is 0.418. The summed E-state index contributed by atoms with van der Waals surface area (Å²) >= 11 is 5.89. The molecule has 0 aromatic carbocycles. The molecule has 0 N–H and O–H groups in total. The summed E-state index contributed by atoms with van der Waals surface area (Å²) in [6.07, 6.45) is 8.07. The number of halogens is 1. The first-order chi connectivity index (χ1) is 5.72. The van der Waals surface area contributed by atoms with Gasteiger partial charge in [-0.25, -0.2) is 0 Å². The molecule has 0 aliphatic carbocycles. The number of hydrogen-bond acceptors (Lipinski definition) is 0. The SMILES string of the molecule is C=C(CCCCCC)/C(Cl)=C\C. The standard InChI is InChI=1S/C11H19Cl/c1-4-6-7-8-9-10(3)11(12)5-2/h5H,3-4,6-9H2,1-2H3/b11-5+. The molecule has 12 heavy (non-hydrogen) atoms. The van der Waals surface area contributed by atoms with Crippen LogP contribution < -0.4 is 0 Å². The Balaban J connectivity index is 3.45. The Morgan fingerprint density at radius 1 is 1.33 bits per heavy atom. The summed E-state index contributed by atoms with van der Waals surface area (Å²) in [5.41, 5.74) is 1.08. The van der Waals surface area contributed by atoms with Crippen LogP contribution in [0.25, 0.3) is 0 Å². The maximum Gasteiger partial charge on any atom is 0.0389 e. The Labute approximate surface area is 81.3 Å². The zero-order valence-electron chi connectivity index (χ0n) is 8.20. The molecule has 0 fully saturated rings. The molecule has 0 aromatic heterocycles. The van der Waals surface area contributed by atoms with E-state index in [0.717, 1.165) is 17.0 Å². The molecule has 0 amide bonds. The predicted octanol–water partition coefficient (Wildman–Crippen LogP) is 4.66. The average molecular weight is 187 g/mol. The summed E-state index contributed by atoms with van der Waals surface area (Å²) in [6.45, 7) is 8.08. The molecule has 70 valence electrons. The Hall–Kier alpha value is -0.230. The molecular formula is C11H19Cl. The Morgan fingerprint density at radius 2 is 2.00 bits per heavy atom. The fourth-order valence-corrected chi connectivity index (χ4v) is 1.18. The van der Waals surface area contributed by atoms with Crippen LogP contribution in [0.5, 0.6) is 0 Å². The van der Waals surface area contributed by atoms with Crippen molar-refractivity contribution in [3.05, 3.63) is 23.3 Å². The molecule has 1 heteroatoms. The van der Waals surface area contributed by atoms with Crippen LogP contribution in [-0.2, 0) is 0 Å². The van der Waals surface area contributed by atoms with Gasteiger partial charge in [0.05, 0.1) is 0 Å². The highest BCUT2D eigenvalue weighted by Gasteiger charge is 1.97. The number of allylic oxidation sites excluding steroid dienone is 3. The lowest BCUT2D eigenvalue weighted by Gasteiger charge is -2.02. The summed E-state index contributed by atoms with van der Waals surface area (Å²) in [6, 6.07) is 0. The van der Waals surface area contributed by atoms with Crippen LogP contribution in [-0.4, -0.2) is 0 Å². The van der Waals surface area contributed by atoms with E-state index in [1.54, 1.807) is 0 Å². The molecule has 0 heterocycles. The van der Waals surface area contributed by atoms with Gasteiger partial charge in [-0.3, -0.25) is 0 Å². The van der Waals surface area contributed by atoms with Crippen molar-refractivity contribution >= 4 is 11.6 Å². The molecule has 0 nitrogen and oxygen atoms in total. The number of rotatable bonds is 6. The van der Waals surface area contributed by atoms with Gasteiger partial charge in [-0.05, 0) is 25.3 Å². The van der Waals surface area contributed by atoms with Crippen LogP contribution in [0, 0.1) is 0 Å². The maximum absolute atomic E-state index is 5.89. The van der Waals surface area contributed by atoms with Crippen molar-refractivity contribution in [3.63, 3.8) is 0 Å². The summed E-state index contributed by atoms with van der Waals surface area (Å²) in [4.78, 5) is 0. The second-order valence-electron chi connectivity index (χ2n) is 3.05. The lowest BCUT2D eigenvalue weighted by Crippen LogP contribution is -1.82. The maximum atomic E-state index is 5.89. The average Bonchev–Trinajstić information content (AvgIpc) is 2.10. The first-order valence-electron chi connectivity index (χ1n) is 4.72. The van der Waals surface area contributed by atoms with Gasteiger partial charge in [0, 0.05) is 5.03 Å². The summed E-state index contributed by atoms with van der Waals surface area (Å²) in [5.74, 6) is 0. The van der Waals surface area contributed by atoms with E-state index in [4.69, 9.17) is 11.6 Å². The zero-order valence-corrected chi connectivity index (χ0v) is 8.95. The van der Waals surface area contributed by atoms with E-state index in [-0.39, 0.29) is 0 Å². The Bertz CT molecular complexity index is 156. The minimum absolute atomic E-state index is 0.825. The van der Waals surface area contributed by atoms with Crippen molar-refractivity contribution in [2.45, 2.75) is 46.0 Å². The van der Waals surface area contributed by atoms with Crippen LogP contribution in [0.3, 0.4) is 0 Å². The third-order valence-corrected chi connectivity index (χ3v) is 2.41. The van der Waals surface area contributed by atoms with Crippen LogP contribution in [0.15, 0.2) is 23.3 Å². The minimum atomic E-state index is 0.825. The highest BCUT2D eigenvalue weighted by Crippen LogP contribution is 2.18. The van der Waals surface area contributed by atoms with Gasteiger partial charge in [0.1, 0.15) is 0 Å². The fourth-order valence-electron chi connectivity index (χ4n) is 1.09. The van der Waals surface area contributed by atoms with Crippen molar-refractivity contribution < 1.29 is 0 Å². The summed E-state index contributed by atoms with van der Waals surface area (Å²) in [7, 11) is 0. The largest absolute Gasteiger partial charge is 0.0944 e. The van der Waals surface area contributed by atoms with Gasteiger partial charge in [0.15, 0.2) is 0 Å². The third kappa shape index (κ3) is 5.42. The molecule has 0 atom stereocenters. The molecule has 0 bridgehead atoms. The molecule has 0 unspecified atom stereocenters. The molecule has 0 spiro atoms. The summed E-state index contributed by atoms with van der Waals surface area (Å²) in [5, 5.41) is 0.825. The van der Waals surface area contributed by atoms with Gasteiger partial charge in [-0.1, -0.05) is 50.4 Å². The van der Waals surface area contributed by atoms with Gasteiger partial charge in [0.2, 0.25) is 0 Å². The van der Waals surface area contributed by atoms with Crippen molar-refractivity contribution in [1.29, 1.82) is 0 Å². The highest BCUT2D eigenvalue weighted by atomic mass is 35.5. The molecule has 0 aliphatic rings. The second-order valence-corrected chi connectivity index (χ2v) is 3.46. The predicted molar refractivity (Wildman–Crippen MR) is 57.5 cm³/mol. The fraction of sp³-hybridized carbons (Fsp3) is 0.636. The van der Waals surface area contributed by atoms with Gasteiger partial charge >= 0.3 is 0 Å². The molecular weight excluding hydrogens is 168 g/mol. The lowest BCUT2D eigenvalue weighted by atomic mass is 10.1. The minimum Gasteiger partial charge on any atom is -0.0944 e. The Morgan fingerprint density at radius 3 is 2.50 bits per heavy atom. The smallest absolute Gasteiger partial charge is 0.0389 e. The van der Waals surface area contributed by atoms with Crippen LogP contribution in [0.4, 0.5) is 0 Å². The van der Waals surface area contributed by atoms with Gasteiger partial charge in [0.25, 0.3) is 0 Å². The van der Waals surface area contributed by atoms with Crippen LogP contribution >= 0.6 is 11.6 Å². The third-order valence-electron chi connectivity index (χ3n) is 1.92. The number of unbranched alkanes of at least 4 members (excludes halogenated alkanes) is 3. The molecule has 0 rings (SSSR count). The van der Waals surface area contributed by atoms with Crippen molar-refractivity contribution in [3.8, 4) is 0 Å². The van der Waals surface area contributed by atoms with E-state index in [1.165, 1.54) is 25.7 Å². The first-order valence-corrected chi connectivity index (χ1v) is 5.10. The van der Waals surface area contributed by atoms with E-state index in [0.29, 0.717) is 0 Å². The first kappa shape index (κ1) is 11.8. The lowest BCUT2D eigenvalue weighted by molar-refractivity contribution is 0.668. The molecule has 0 radical (unpaired) electrons. The number of hydrogen-bond donors (Lipinski definition) is 0. The van der Waals surface area contributed by atoms with E-state index in [1.807, 2.05) is 13.0 Å². The molecule has 0 saturated heterocycles. The molecule has 0 aromatic rings. The summed E-state index contributed by atoms with van der Waals surface area (Å²) < 4.78 is 0. The molecule has 0 aliphatic heterocycles.